The molecular formula is C16H12BrN3O5. The quantitative estimate of drug-likeness (QED) is 0.573. The first-order valence-corrected chi connectivity index (χ1v) is 8.28. The summed E-state index contributed by atoms with van der Waals surface area (Å²) in [6, 6.07) is 3.44. The highest BCUT2D eigenvalue weighted by Gasteiger charge is 2.45. The molecule has 2 N–H and O–H groups in total. The van der Waals surface area contributed by atoms with Gasteiger partial charge < -0.3 is 5.32 Å². The molecule has 0 bridgehead atoms. The molecule has 8 nitrogen and oxygen atoms in total. The molecule has 0 aliphatic carbocycles. The predicted octanol–water partition coefficient (Wildman–Crippen LogP) is 0.935. The third-order valence-corrected chi connectivity index (χ3v) is 4.20. The van der Waals surface area contributed by atoms with E-state index in [-0.39, 0.29) is 29.7 Å². The lowest BCUT2D eigenvalue weighted by atomic mass is 10.0. The molecule has 1 aromatic rings. The fourth-order valence-electron chi connectivity index (χ4n) is 2.85. The van der Waals surface area contributed by atoms with Crippen LogP contribution in [0.3, 0.4) is 0 Å². The maximum absolute atomic E-state index is 12.8. The first-order valence-electron chi connectivity index (χ1n) is 7.36. The minimum atomic E-state index is -1.05. The molecule has 2 aliphatic rings. The van der Waals surface area contributed by atoms with Crippen LogP contribution < -0.4 is 10.6 Å². The number of piperidine rings is 1. The van der Waals surface area contributed by atoms with E-state index in [9.17, 15) is 24.0 Å². The van der Waals surface area contributed by atoms with Crippen molar-refractivity contribution in [2.24, 2.45) is 0 Å². The summed E-state index contributed by atoms with van der Waals surface area (Å²) < 4.78 is 0. The molecule has 1 fully saturated rings. The molecule has 1 unspecified atom stereocenters. The van der Waals surface area contributed by atoms with Gasteiger partial charge in [-0.3, -0.25) is 34.2 Å². The van der Waals surface area contributed by atoms with Crippen molar-refractivity contribution in [3.05, 3.63) is 40.4 Å². The fourth-order valence-corrected chi connectivity index (χ4v) is 3.09. The number of carbonyl (C=O) groups excluding carboxylic acids is 5. The van der Waals surface area contributed by atoms with Crippen molar-refractivity contribution in [1.82, 2.24) is 10.2 Å². The average Bonchev–Trinajstić information content (AvgIpc) is 2.81. The van der Waals surface area contributed by atoms with Gasteiger partial charge in [-0.1, -0.05) is 22.0 Å². The van der Waals surface area contributed by atoms with Crippen molar-refractivity contribution in [2.75, 3.05) is 5.32 Å². The maximum atomic E-state index is 12.8. The number of fused-ring (bicyclic) bond motifs is 1. The molecule has 1 aromatic carbocycles. The molecule has 0 saturated carbocycles. The van der Waals surface area contributed by atoms with Gasteiger partial charge in [0, 0.05) is 12.5 Å². The summed E-state index contributed by atoms with van der Waals surface area (Å²) in [5.74, 6) is -2.90. The van der Waals surface area contributed by atoms with Crippen LogP contribution >= 0.6 is 15.9 Å². The lowest BCUT2D eigenvalue weighted by Gasteiger charge is -2.27. The second kappa shape index (κ2) is 6.60. The number of nitrogens with one attached hydrogen (secondary N) is 2. The van der Waals surface area contributed by atoms with Crippen LogP contribution in [0.1, 0.15) is 33.6 Å². The van der Waals surface area contributed by atoms with Gasteiger partial charge >= 0.3 is 0 Å². The Morgan fingerprint density at radius 1 is 1.24 bits per heavy atom. The first-order chi connectivity index (χ1) is 11.9. The van der Waals surface area contributed by atoms with E-state index in [1.807, 2.05) is 0 Å². The molecule has 9 heteroatoms. The number of anilines is 1. The Bertz CT molecular complexity index is 848. The monoisotopic (exact) mass is 405 g/mol. The van der Waals surface area contributed by atoms with Crippen LogP contribution in [0.15, 0.2) is 29.3 Å². The number of carbonyl (C=O) groups is 5. The second-order valence-electron chi connectivity index (χ2n) is 5.46. The smallest absolute Gasteiger partial charge is 0.264 e. The van der Waals surface area contributed by atoms with E-state index in [2.05, 4.69) is 26.6 Å². The van der Waals surface area contributed by atoms with Gasteiger partial charge in [-0.05, 0) is 23.5 Å². The van der Waals surface area contributed by atoms with Crippen molar-refractivity contribution in [3.8, 4) is 0 Å². The highest BCUT2D eigenvalue weighted by Crippen LogP contribution is 2.32. The summed E-state index contributed by atoms with van der Waals surface area (Å²) in [5, 5.41) is 4.66. The highest BCUT2D eigenvalue weighted by molar-refractivity contribution is 9.11. The molecule has 1 saturated heterocycles. The number of imide groups is 2. The Balaban J connectivity index is 1.95. The van der Waals surface area contributed by atoms with Gasteiger partial charge in [-0.25, -0.2) is 0 Å². The largest absolute Gasteiger partial charge is 0.322 e. The van der Waals surface area contributed by atoms with E-state index in [0.717, 1.165) is 4.90 Å². The minimum Gasteiger partial charge on any atom is -0.322 e. The van der Waals surface area contributed by atoms with Crippen molar-refractivity contribution < 1.29 is 24.0 Å². The molecule has 128 valence electrons. The minimum absolute atomic E-state index is 0.0357. The van der Waals surface area contributed by atoms with Crippen LogP contribution in [0, 0.1) is 0 Å². The zero-order chi connectivity index (χ0) is 18.1. The number of amides is 5. The summed E-state index contributed by atoms with van der Waals surface area (Å²) in [6.07, 6.45) is 1.33. The van der Waals surface area contributed by atoms with Crippen LogP contribution in [0.2, 0.25) is 0 Å². The number of nitrogens with zero attached hydrogens (tertiary/aromatic N) is 1. The second-order valence-corrected chi connectivity index (χ2v) is 5.99. The van der Waals surface area contributed by atoms with Gasteiger partial charge in [0.25, 0.3) is 11.8 Å². The predicted molar refractivity (Wildman–Crippen MR) is 89.8 cm³/mol. The normalized spacial score (nSPS) is 20.0. The van der Waals surface area contributed by atoms with Gasteiger partial charge in [0.1, 0.15) is 6.04 Å². The lowest BCUT2D eigenvalue weighted by molar-refractivity contribution is -0.136. The topological polar surface area (TPSA) is 113 Å². The van der Waals surface area contributed by atoms with Crippen LogP contribution in [0.5, 0.6) is 0 Å². The zero-order valence-corrected chi connectivity index (χ0v) is 14.3. The molecule has 0 aromatic heterocycles. The van der Waals surface area contributed by atoms with Crippen LogP contribution in [0.4, 0.5) is 5.69 Å². The Hall–Kier alpha value is -2.81. The number of benzene rings is 1. The van der Waals surface area contributed by atoms with Crippen molar-refractivity contribution in [2.45, 2.75) is 18.9 Å². The summed E-state index contributed by atoms with van der Waals surface area (Å²) in [6.45, 7) is 0. The van der Waals surface area contributed by atoms with E-state index in [4.69, 9.17) is 0 Å². The van der Waals surface area contributed by atoms with E-state index in [1.54, 1.807) is 0 Å². The molecule has 5 amide bonds. The average molecular weight is 406 g/mol. The van der Waals surface area contributed by atoms with Crippen LogP contribution in [-0.2, 0) is 14.4 Å². The van der Waals surface area contributed by atoms with E-state index in [1.165, 1.54) is 29.3 Å². The Morgan fingerprint density at radius 2 is 2.00 bits per heavy atom. The number of halogens is 1. The van der Waals surface area contributed by atoms with E-state index in [0.29, 0.717) is 0 Å². The molecule has 2 heterocycles. The third-order valence-electron chi connectivity index (χ3n) is 3.94. The summed E-state index contributed by atoms with van der Waals surface area (Å²) in [5.41, 5.74) is 0.324. The third kappa shape index (κ3) is 2.98. The molecule has 0 spiro atoms. The molecule has 25 heavy (non-hydrogen) atoms. The summed E-state index contributed by atoms with van der Waals surface area (Å²) >= 11 is 2.98. The SMILES string of the molecule is O=C(C=CBr)Nc1cccc2c1C(=O)N(C1CCC(=O)NC1=O)C2=O. The van der Waals surface area contributed by atoms with Crippen molar-refractivity contribution >= 4 is 51.2 Å². The zero-order valence-electron chi connectivity index (χ0n) is 12.7. The molecule has 1 atom stereocenters. The molecule has 2 aliphatic heterocycles. The lowest BCUT2D eigenvalue weighted by Crippen LogP contribution is -2.54. The fraction of sp³-hybridized carbons (Fsp3) is 0.188. The standard InChI is InChI=1S/C16H12BrN3O5/c17-7-6-12(22)18-9-3-1-2-8-13(9)16(25)20(15(8)24)10-4-5-11(21)19-14(10)23/h1-3,6-7,10H,4-5H2,(H,18,22)(H,19,21,23). The molecule has 3 rings (SSSR count). The van der Waals surface area contributed by atoms with Gasteiger partial charge in [-0.15, -0.1) is 0 Å². The van der Waals surface area contributed by atoms with E-state index < -0.39 is 35.6 Å². The van der Waals surface area contributed by atoms with Crippen molar-refractivity contribution in [1.29, 1.82) is 0 Å². The van der Waals surface area contributed by atoms with Crippen LogP contribution in [-0.4, -0.2) is 40.5 Å². The van der Waals surface area contributed by atoms with Gasteiger partial charge in [0.15, 0.2) is 0 Å². The van der Waals surface area contributed by atoms with E-state index >= 15 is 0 Å². The van der Waals surface area contributed by atoms with Gasteiger partial charge in [0.2, 0.25) is 17.7 Å². The summed E-state index contributed by atoms with van der Waals surface area (Å²) in [4.78, 5) is 62.6. The number of hydrogen-bond acceptors (Lipinski definition) is 5. The molecule has 0 radical (unpaired) electrons. The maximum Gasteiger partial charge on any atom is 0.264 e. The Kier molecular flexibility index (Phi) is 4.49. The molecular weight excluding hydrogens is 394 g/mol. The number of rotatable bonds is 3. The van der Waals surface area contributed by atoms with Gasteiger partial charge in [-0.2, -0.15) is 0 Å². The van der Waals surface area contributed by atoms with Crippen LogP contribution in [0.25, 0.3) is 0 Å². The first kappa shape index (κ1) is 17.0. The van der Waals surface area contributed by atoms with Gasteiger partial charge in [0.05, 0.1) is 16.8 Å². The Labute approximate surface area is 150 Å². The Morgan fingerprint density at radius 3 is 2.68 bits per heavy atom. The van der Waals surface area contributed by atoms with Crippen molar-refractivity contribution in [3.63, 3.8) is 0 Å². The number of hydrogen-bond donors (Lipinski definition) is 2. The summed E-state index contributed by atoms with van der Waals surface area (Å²) in [7, 11) is 0. The highest BCUT2D eigenvalue weighted by atomic mass is 79.9.